The quantitative estimate of drug-likeness (QED) is 0.734. The summed E-state index contributed by atoms with van der Waals surface area (Å²) in [5.74, 6) is -1.35. The van der Waals surface area contributed by atoms with E-state index in [4.69, 9.17) is 9.47 Å². The molecule has 3 atom stereocenters. The Morgan fingerprint density at radius 3 is 2.48 bits per heavy atom. The lowest BCUT2D eigenvalue weighted by molar-refractivity contribution is -0.163. The molecule has 0 aromatic carbocycles. The number of fused-ring (bicyclic) bond motifs is 1. The van der Waals surface area contributed by atoms with E-state index in [1.807, 2.05) is 0 Å². The summed E-state index contributed by atoms with van der Waals surface area (Å²) in [5, 5.41) is 0. The zero-order valence-corrected chi connectivity index (χ0v) is 13.0. The second kappa shape index (κ2) is 5.66. The first kappa shape index (κ1) is 15.8. The minimum atomic E-state index is -0.585. The van der Waals surface area contributed by atoms with Crippen LogP contribution in [0, 0.1) is 5.92 Å². The third kappa shape index (κ3) is 3.19. The Balaban J connectivity index is 2.09. The topological polar surface area (TPSA) is 72.9 Å². The predicted molar refractivity (Wildman–Crippen MR) is 74.2 cm³/mol. The van der Waals surface area contributed by atoms with Crippen LogP contribution in [0.2, 0.25) is 0 Å². The normalized spacial score (nSPS) is 28.5. The van der Waals surface area contributed by atoms with Gasteiger partial charge in [0.15, 0.2) is 0 Å². The highest BCUT2D eigenvalue weighted by Crippen LogP contribution is 2.38. The molecule has 1 amide bonds. The Kier molecular flexibility index (Phi) is 4.25. The van der Waals surface area contributed by atoms with Gasteiger partial charge in [-0.05, 0) is 40.5 Å². The zero-order valence-electron chi connectivity index (χ0n) is 13.0. The maximum absolute atomic E-state index is 12.2. The molecule has 118 valence electrons. The number of esters is 2. The molecule has 2 aliphatic rings. The van der Waals surface area contributed by atoms with Crippen molar-refractivity contribution in [1.82, 2.24) is 4.90 Å². The van der Waals surface area contributed by atoms with Gasteiger partial charge in [0.25, 0.3) is 0 Å². The molecule has 2 rings (SSSR count). The smallest absolute Gasteiger partial charge is 0.329 e. The van der Waals surface area contributed by atoms with E-state index in [9.17, 15) is 14.4 Å². The van der Waals surface area contributed by atoms with Gasteiger partial charge < -0.3 is 14.4 Å². The van der Waals surface area contributed by atoms with Gasteiger partial charge in [0, 0.05) is 12.5 Å². The van der Waals surface area contributed by atoms with Crippen LogP contribution in [0.3, 0.4) is 0 Å². The first-order chi connectivity index (χ1) is 9.74. The molecule has 0 radical (unpaired) electrons. The van der Waals surface area contributed by atoms with E-state index in [1.54, 1.807) is 27.7 Å². The molecule has 0 spiro atoms. The standard InChI is InChI=1S/C15H23NO5/c1-5-20-13(18)9-8-12(17)16-10(9)6-7-11(16)14(19)21-15(2,3)4/h9-11H,5-8H2,1-4H3/t9-,10-,11-/m0/s1. The van der Waals surface area contributed by atoms with Crippen molar-refractivity contribution in [2.45, 2.75) is 64.6 Å². The Morgan fingerprint density at radius 1 is 1.24 bits per heavy atom. The summed E-state index contributed by atoms with van der Waals surface area (Å²) in [7, 11) is 0. The van der Waals surface area contributed by atoms with Gasteiger partial charge in [0.1, 0.15) is 11.6 Å². The lowest BCUT2D eigenvalue weighted by atomic mass is 9.98. The van der Waals surface area contributed by atoms with E-state index in [2.05, 4.69) is 0 Å². The largest absolute Gasteiger partial charge is 0.466 e. The number of hydrogen-bond acceptors (Lipinski definition) is 5. The third-order valence-electron chi connectivity index (χ3n) is 3.84. The van der Waals surface area contributed by atoms with Gasteiger partial charge >= 0.3 is 11.9 Å². The van der Waals surface area contributed by atoms with Gasteiger partial charge in [-0.3, -0.25) is 9.59 Å². The van der Waals surface area contributed by atoms with E-state index in [0.29, 0.717) is 19.4 Å². The molecule has 0 N–H and O–H groups in total. The molecule has 0 unspecified atom stereocenters. The average molecular weight is 297 g/mol. The Labute approximate surface area is 124 Å². The molecule has 6 nitrogen and oxygen atoms in total. The second-order valence-electron chi connectivity index (χ2n) is 6.56. The van der Waals surface area contributed by atoms with Crippen molar-refractivity contribution >= 4 is 17.8 Å². The number of hydrogen-bond donors (Lipinski definition) is 0. The SMILES string of the molecule is CCOC(=O)[C@H]1CC(=O)N2[C@H](C(=O)OC(C)(C)C)CC[C@@H]12. The van der Waals surface area contributed by atoms with Crippen LogP contribution in [0.1, 0.15) is 47.0 Å². The molecule has 2 fully saturated rings. The third-order valence-corrected chi connectivity index (χ3v) is 3.84. The number of carbonyl (C=O) groups excluding carboxylic acids is 3. The monoisotopic (exact) mass is 297 g/mol. The molecule has 2 saturated heterocycles. The van der Waals surface area contributed by atoms with Gasteiger partial charge in [-0.25, -0.2) is 4.79 Å². The van der Waals surface area contributed by atoms with Gasteiger partial charge in [0.05, 0.1) is 12.5 Å². The number of nitrogens with zero attached hydrogens (tertiary/aromatic N) is 1. The fourth-order valence-electron chi connectivity index (χ4n) is 3.11. The van der Waals surface area contributed by atoms with Crippen LogP contribution in [0.15, 0.2) is 0 Å². The van der Waals surface area contributed by atoms with E-state index in [0.717, 1.165) is 0 Å². The lowest BCUT2D eigenvalue weighted by Gasteiger charge is -2.27. The molecule has 2 heterocycles. The van der Waals surface area contributed by atoms with E-state index in [1.165, 1.54) is 4.90 Å². The van der Waals surface area contributed by atoms with Crippen LogP contribution in [0.5, 0.6) is 0 Å². The van der Waals surface area contributed by atoms with E-state index in [-0.39, 0.29) is 30.3 Å². The highest BCUT2D eigenvalue weighted by molar-refractivity contribution is 5.92. The van der Waals surface area contributed by atoms with Crippen molar-refractivity contribution in [2.24, 2.45) is 5.92 Å². The molecule has 0 aliphatic carbocycles. The Hall–Kier alpha value is -1.59. The molecule has 0 bridgehead atoms. The summed E-state index contributed by atoms with van der Waals surface area (Å²) in [5.41, 5.74) is -0.585. The van der Waals surface area contributed by atoms with Crippen LogP contribution >= 0.6 is 0 Å². The lowest BCUT2D eigenvalue weighted by Crippen LogP contribution is -2.44. The van der Waals surface area contributed by atoms with Crippen molar-refractivity contribution in [2.75, 3.05) is 6.61 Å². The average Bonchev–Trinajstić information content (AvgIpc) is 2.89. The van der Waals surface area contributed by atoms with Crippen LogP contribution < -0.4 is 0 Å². The summed E-state index contributed by atoms with van der Waals surface area (Å²) in [4.78, 5) is 37.8. The molecule has 0 aromatic heterocycles. The minimum absolute atomic E-state index is 0.128. The van der Waals surface area contributed by atoms with Gasteiger partial charge in [-0.1, -0.05) is 0 Å². The van der Waals surface area contributed by atoms with E-state index < -0.39 is 17.6 Å². The van der Waals surface area contributed by atoms with Crippen LogP contribution in [0.25, 0.3) is 0 Å². The number of amides is 1. The van der Waals surface area contributed by atoms with E-state index >= 15 is 0 Å². The Morgan fingerprint density at radius 2 is 1.90 bits per heavy atom. The van der Waals surface area contributed by atoms with Gasteiger partial charge in [0.2, 0.25) is 5.91 Å². The van der Waals surface area contributed by atoms with Crippen molar-refractivity contribution in [3.05, 3.63) is 0 Å². The fraction of sp³-hybridized carbons (Fsp3) is 0.800. The summed E-state index contributed by atoms with van der Waals surface area (Å²) in [6.07, 6.45) is 1.31. The predicted octanol–water partition coefficient (Wildman–Crippen LogP) is 1.27. The van der Waals surface area contributed by atoms with Crippen molar-refractivity contribution < 1.29 is 23.9 Å². The second-order valence-corrected chi connectivity index (χ2v) is 6.56. The van der Waals surface area contributed by atoms with Crippen LogP contribution in [-0.4, -0.2) is 47.0 Å². The molecule has 2 aliphatic heterocycles. The molecule has 21 heavy (non-hydrogen) atoms. The number of carbonyl (C=O) groups is 3. The Bertz CT molecular complexity index is 453. The molecule has 6 heteroatoms. The first-order valence-corrected chi connectivity index (χ1v) is 7.45. The van der Waals surface area contributed by atoms with Gasteiger partial charge in [-0.15, -0.1) is 0 Å². The number of ether oxygens (including phenoxy) is 2. The fourth-order valence-corrected chi connectivity index (χ4v) is 3.11. The molecular weight excluding hydrogens is 274 g/mol. The van der Waals surface area contributed by atoms with Crippen LogP contribution in [0.4, 0.5) is 0 Å². The summed E-state index contributed by atoms with van der Waals surface area (Å²) >= 11 is 0. The van der Waals surface area contributed by atoms with Crippen LogP contribution in [-0.2, 0) is 23.9 Å². The maximum Gasteiger partial charge on any atom is 0.329 e. The van der Waals surface area contributed by atoms with Crippen molar-refractivity contribution in [3.8, 4) is 0 Å². The summed E-state index contributed by atoms with van der Waals surface area (Å²) < 4.78 is 10.4. The minimum Gasteiger partial charge on any atom is -0.466 e. The number of rotatable bonds is 3. The molecular formula is C15H23NO5. The highest BCUT2D eigenvalue weighted by atomic mass is 16.6. The van der Waals surface area contributed by atoms with Crippen molar-refractivity contribution in [1.29, 1.82) is 0 Å². The summed E-state index contributed by atoms with van der Waals surface area (Å²) in [6.45, 7) is 7.43. The first-order valence-electron chi connectivity index (χ1n) is 7.45. The van der Waals surface area contributed by atoms with Gasteiger partial charge in [-0.2, -0.15) is 0 Å². The highest BCUT2D eigenvalue weighted by Gasteiger charge is 2.53. The molecule has 0 saturated carbocycles. The zero-order chi connectivity index (χ0) is 15.8. The molecule has 0 aromatic rings. The van der Waals surface area contributed by atoms with Crippen molar-refractivity contribution in [3.63, 3.8) is 0 Å². The summed E-state index contributed by atoms with van der Waals surface area (Å²) in [6, 6.07) is -0.796. The maximum atomic E-state index is 12.2.